The number of nitrogens with one attached hydrogen (secondary N) is 1. The van der Waals surface area contributed by atoms with Crippen molar-refractivity contribution in [3.8, 4) is 11.5 Å². The van der Waals surface area contributed by atoms with Gasteiger partial charge < -0.3 is 19.4 Å². The molecule has 0 radical (unpaired) electrons. The molecule has 7 heteroatoms. The van der Waals surface area contributed by atoms with E-state index in [1.807, 2.05) is 42.1 Å². The van der Waals surface area contributed by atoms with Crippen molar-refractivity contribution >= 4 is 39.5 Å². The van der Waals surface area contributed by atoms with Crippen molar-refractivity contribution in [2.24, 2.45) is 0 Å². The van der Waals surface area contributed by atoms with E-state index in [9.17, 15) is 4.79 Å². The van der Waals surface area contributed by atoms with Gasteiger partial charge in [-0.2, -0.15) is 0 Å². The molecule has 0 saturated carbocycles. The number of fused-ring (bicyclic) bond motifs is 4. The molecule has 6 aromatic rings. The predicted molar refractivity (Wildman–Crippen MR) is 182 cm³/mol. The molecule has 6 nitrogen and oxygen atoms in total. The summed E-state index contributed by atoms with van der Waals surface area (Å²) in [5.41, 5.74) is 5.67. The van der Waals surface area contributed by atoms with Crippen LogP contribution < -0.4 is 14.8 Å². The molecule has 2 heterocycles. The zero-order valence-electron chi connectivity index (χ0n) is 25.0. The van der Waals surface area contributed by atoms with Crippen LogP contribution in [-0.2, 0) is 31.0 Å². The molecule has 0 atom stereocenters. The van der Waals surface area contributed by atoms with E-state index in [0.29, 0.717) is 6.54 Å². The smallest absolute Gasteiger partial charge is 0.240 e. The number of benzene rings is 5. The average Bonchev–Trinajstić information content (AvgIpc) is 3.67. The molecule has 1 aliphatic rings. The summed E-state index contributed by atoms with van der Waals surface area (Å²) >= 11 is 1.88. The molecular weight excluding hydrogens is 579 g/mol. The SMILES string of the molecule is O=C(Cn1c2ccccc2c2ccccc21)NCc1ccc(CN(CCSc2ccccc2)Cc2ccc3c(c2)OCO3)cc1. The first-order valence-electron chi connectivity index (χ1n) is 15.3. The molecule has 0 unspecified atom stereocenters. The van der Waals surface area contributed by atoms with Crippen molar-refractivity contribution in [1.29, 1.82) is 0 Å². The molecule has 0 fully saturated rings. The number of hydrogen-bond donors (Lipinski definition) is 1. The average molecular weight is 614 g/mol. The maximum absolute atomic E-state index is 13.1. The van der Waals surface area contributed by atoms with Crippen LogP contribution in [0.25, 0.3) is 21.8 Å². The summed E-state index contributed by atoms with van der Waals surface area (Å²) < 4.78 is 13.2. The van der Waals surface area contributed by atoms with Gasteiger partial charge >= 0.3 is 0 Å². The van der Waals surface area contributed by atoms with Gasteiger partial charge in [-0.3, -0.25) is 9.69 Å². The summed E-state index contributed by atoms with van der Waals surface area (Å²) in [6.07, 6.45) is 0. The predicted octanol–water partition coefficient (Wildman–Crippen LogP) is 7.63. The quantitative estimate of drug-likeness (QED) is 0.144. The van der Waals surface area contributed by atoms with Crippen molar-refractivity contribution in [1.82, 2.24) is 14.8 Å². The Balaban J connectivity index is 0.982. The van der Waals surface area contributed by atoms with Gasteiger partial charge in [-0.15, -0.1) is 11.8 Å². The molecule has 226 valence electrons. The second-order valence-corrected chi connectivity index (χ2v) is 12.4. The molecule has 5 aromatic carbocycles. The highest BCUT2D eigenvalue weighted by molar-refractivity contribution is 7.99. The molecule has 1 aromatic heterocycles. The fraction of sp³-hybridized carbons (Fsp3) is 0.184. The maximum Gasteiger partial charge on any atom is 0.240 e. The van der Waals surface area contributed by atoms with Crippen LogP contribution in [0.5, 0.6) is 11.5 Å². The molecule has 1 N–H and O–H groups in total. The lowest BCUT2D eigenvalue weighted by atomic mass is 10.1. The van der Waals surface area contributed by atoms with Crippen molar-refractivity contribution in [2.75, 3.05) is 19.1 Å². The third-order valence-electron chi connectivity index (χ3n) is 8.16. The van der Waals surface area contributed by atoms with Gasteiger partial charge in [0.15, 0.2) is 11.5 Å². The maximum atomic E-state index is 13.1. The largest absolute Gasteiger partial charge is 0.454 e. The summed E-state index contributed by atoms with van der Waals surface area (Å²) in [5.74, 6) is 2.61. The van der Waals surface area contributed by atoms with Crippen LogP contribution in [0, 0.1) is 0 Å². The van der Waals surface area contributed by atoms with Crippen LogP contribution in [-0.4, -0.2) is 34.5 Å². The number of nitrogens with zero attached hydrogens (tertiary/aromatic N) is 2. The first kappa shape index (κ1) is 29.0. The van der Waals surface area contributed by atoms with Crippen molar-refractivity contribution < 1.29 is 14.3 Å². The Morgan fingerprint density at radius 1 is 0.711 bits per heavy atom. The van der Waals surface area contributed by atoms with Gasteiger partial charge in [0.1, 0.15) is 6.54 Å². The molecular formula is C38H35N3O3S. The fourth-order valence-electron chi connectivity index (χ4n) is 5.92. The summed E-state index contributed by atoms with van der Waals surface area (Å²) in [5, 5.41) is 5.47. The standard InChI is InChI=1S/C38H35N3O3S/c42-38(26-41-34-12-6-4-10-32(34)33-11-5-7-13-35(33)41)39-23-28-14-16-29(17-15-28)24-40(20-21-45-31-8-2-1-3-9-31)25-30-18-19-36-37(22-30)44-27-43-36/h1-19,22H,20-21,23-27H2,(H,39,42). The second-order valence-electron chi connectivity index (χ2n) is 11.3. The number of aromatic nitrogens is 1. The van der Waals surface area contributed by atoms with Crippen molar-refractivity contribution in [2.45, 2.75) is 31.1 Å². The van der Waals surface area contributed by atoms with E-state index in [-0.39, 0.29) is 19.2 Å². The first-order chi connectivity index (χ1) is 22.2. The highest BCUT2D eigenvalue weighted by atomic mass is 32.2. The van der Waals surface area contributed by atoms with Gasteiger partial charge in [0, 0.05) is 58.6 Å². The molecule has 1 aliphatic heterocycles. The Morgan fingerprint density at radius 3 is 2.09 bits per heavy atom. The summed E-state index contributed by atoms with van der Waals surface area (Å²) in [7, 11) is 0. The number of thioether (sulfide) groups is 1. The molecule has 0 aliphatic carbocycles. The van der Waals surface area contributed by atoms with Crippen LogP contribution in [0.3, 0.4) is 0 Å². The van der Waals surface area contributed by atoms with E-state index in [1.54, 1.807) is 0 Å². The lowest BCUT2D eigenvalue weighted by Crippen LogP contribution is -2.27. The summed E-state index contributed by atoms with van der Waals surface area (Å²) in [4.78, 5) is 16.8. The first-order valence-corrected chi connectivity index (χ1v) is 16.3. The van der Waals surface area contributed by atoms with Gasteiger partial charge in [0.05, 0.1) is 0 Å². The van der Waals surface area contributed by atoms with Crippen LogP contribution in [0.15, 0.2) is 126 Å². The van der Waals surface area contributed by atoms with E-state index in [1.165, 1.54) is 26.8 Å². The minimum Gasteiger partial charge on any atom is -0.454 e. The Morgan fingerprint density at radius 2 is 1.33 bits per heavy atom. The Bertz CT molecular complexity index is 1870. The normalized spacial score (nSPS) is 12.3. The number of carbonyl (C=O) groups is 1. The lowest BCUT2D eigenvalue weighted by Gasteiger charge is -2.23. The third-order valence-corrected chi connectivity index (χ3v) is 9.16. The van der Waals surface area contributed by atoms with Gasteiger partial charge in [-0.25, -0.2) is 0 Å². The molecule has 0 saturated heterocycles. The number of amides is 1. The summed E-state index contributed by atoms with van der Waals surface area (Å²) in [6.45, 7) is 3.63. The minimum absolute atomic E-state index is 0.00333. The van der Waals surface area contributed by atoms with E-state index in [4.69, 9.17) is 9.47 Å². The Labute approximate surface area is 267 Å². The lowest BCUT2D eigenvalue weighted by molar-refractivity contribution is -0.121. The van der Waals surface area contributed by atoms with Crippen molar-refractivity contribution in [3.05, 3.63) is 138 Å². The second kappa shape index (κ2) is 13.5. The summed E-state index contributed by atoms with van der Waals surface area (Å²) in [6, 6.07) is 41.9. The number of rotatable bonds is 12. The van der Waals surface area contributed by atoms with Gasteiger partial charge in [0.25, 0.3) is 0 Å². The molecule has 1 amide bonds. The number of ether oxygens (including phenoxy) is 2. The zero-order valence-corrected chi connectivity index (χ0v) is 25.8. The highest BCUT2D eigenvalue weighted by Gasteiger charge is 2.16. The van der Waals surface area contributed by atoms with Gasteiger partial charge in [0.2, 0.25) is 12.7 Å². The Kier molecular flexibility index (Phi) is 8.71. The molecule has 7 rings (SSSR count). The minimum atomic E-state index is -0.00333. The van der Waals surface area contributed by atoms with E-state index in [0.717, 1.165) is 53.5 Å². The Hall–Kier alpha value is -4.72. The molecule has 0 spiro atoms. The fourth-order valence-corrected chi connectivity index (χ4v) is 6.85. The molecule has 45 heavy (non-hydrogen) atoms. The van der Waals surface area contributed by atoms with E-state index in [2.05, 4.69) is 106 Å². The topological polar surface area (TPSA) is 55.7 Å². The number of para-hydroxylation sites is 2. The van der Waals surface area contributed by atoms with Crippen LogP contribution in [0.2, 0.25) is 0 Å². The van der Waals surface area contributed by atoms with Crippen molar-refractivity contribution in [3.63, 3.8) is 0 Å². The van der Waals surface area contributed by atoms with Gasteiger partial charge in [-0.1, -0.05) is 84.9 Å². The van der Waals surface area contributed by atoms with Crippen LogP contribution in [0.1, 0.15) is 16.7 Å². The number of carbonyl (C=O) groups excluding carboxylic acids is 1. The van der Waals surface area contributed by atoms with Gasteiger partial charge in [-0.05, 0) is 53.1 Å². The third kappa shape index (κ3) is 6.85. The van der Waals surface area contributed by atoms with Crippen LogP contribution in [0.4, 0.5) is 0 Å². The zero-order chi connectivity index (χ0) is 30.4. The highest BCUT2D eigenvalue weighted by Crippen LogP contribution is 2.33. The monoisotopic (exact) mass is 613 g/mol. The number of hydrogen-bond acceptors (Lipinski definition) is 5. The van der Waals surface area contributed by atoms with E-state index < -0.39 is 0 Å². The molecule has 0 bridgehead atoms. The van der Waals surface area contributed by atoms with Crippen LogP contribution >= 0.6 is 11.8 Å². The van der Waals surface area contributed by atoms with E-state index >= 15 is 0 Å².